The summed E-state index contributed by atoms with van der Waals surface area (Å²) in [4.78, 5) is 15.3. The second-order valence-corrected chi connectivity index (χ2v) is 10.1. The molecule has 0 spiro atoms. The molecule has 1 aliphatic heterocycles. The van der Waals surface area contributed by atoms with Crippen LogP contribution in [0.4, 0.5) is 17.1 Å². The number of rotatable bonds is 8. The highest BCUT2D eigenvalue weighted by Gasteiger charge is 2.26. The summed E-state index contributed by atoms with van der Waals surface area (Å²) in [6.45, 7) is 3.99. The van der Waals surface area contributed by atoms with Crippen LogP contribution in [0.2, 0.25) is 0 Å². The molecule has 0 saturated heterocycles. The summed E-state index contributed by atoms with van der Waals surface area (Å²) < 4.78 is 0. The van der Waals surface area contributed by atoms with Crippen LogP contribution in [-0.4, -0.2) is 23.4 Å². The molecule has 0 unspecified atom stereocenters. The molecule has 0 atom stereocenters. The Hall–Kier alpha value is -3.57. The third-order valence-corrected chi connectivity index (χ3v) is 7.46. The summed E-state index contributed by atoms with van der Waals surface area (Å²) in [5, 5.41) is 6.36. The smallest absolute Gasteiger partial charge is 0.258 e. The summed E-state index contributed by atoms with van der Waals surface area (Å²) in [5.41, 5.74) is 13.4. The van der Waals surface area contributed by atoms with Crippen molar-refractivity contribution in [1.82, 2.24) is 4.90 Å². The highest BCUT2D eigenvalue weighted by Crippen LogP contribution is 2.35. The Balaban J connectivity index is 1.28. The summed E-state index contributed by atoms with van der Waals surface area (Å²) in [6, 6.07) is 25.6. The molecule has 1 amide bonds. The predicted octanol–water partition coefficient (Wildman–Crippen LogP) is 6.44. The van der Waals surface area contributed by atoms with Crippen molar-refractivity contribution in [2.24, 2.45) is 0 Å². The normalized spacial score (nSPS) is 17.1. The van der Waals surface area contributed by atoms with Crippen molar-refractivity contribution >= 4 is 28.5 Å². The monoisotopic (exact) mass is 480 g/mol. The first-order valence-corrected chi connectivity index (χ1v) is 13.1. The van der Waals surface area contributed by atoms with Gasteiger partial charge in [0.1, 0.15) is 0 Å². The molecular formula is C31H36N4O. The number of carbonyl (C=O) groups excluding carboxylic acids is 1. The van der Waals surface area contributed by atoms with Crippen LogP contribution in [0.3, 0.4) is 0 Å². The fourth-order valence-corrected chi connectivity index (χ4v) is 5.52. The van der Waals surface area contributed by atoms with Crippen LogP contribution in [0.1, 0.15) is 55.7 Å². The number of carbonyl (C=O) groups is 1. The minimum Gasteiger partial charge on any atom is -0.399 e. The van der Waals surface area contributed by atoms with Gasteiger partial charge in [0.25, 0.3) is 5.91 Å². The minimum absolute atomic E-state index is 0.0984. The number of nitrogen functional groups attached to an aromatic ring is 1. The van der Waals surface area contributed by atoms with Gasteiger partial charge in [0, 0.05) is 47.5 Å². The minimum atomic E-state index is -0.0984. The third-order valence-electron chi connectivity index (χ3n) is 7.46. The Morgan fingerprint density at radius 3 is 2.47 bits per heavy atom. The molecule has 0 bridgehead atoms. The maximum atomic E-state index is 12.6. The molecule has 1 saturated carbocycles. The molecule has 0 aromatic heterocycles. The maximum absolute atomic E-state index is 12.6. The fourth-order valence-electron chi connectivity index (χ4n) is 5.52. The van der Waals surface area contributed by atoms with Gasteiger partial charge < -0.3 is 16.4 Å². The molecule has 5 heteroatoms. The molecule has 1 aliphatic carbocycles. The molecule has 3 aromatic carbocycles. The number of anilines is 3. The Morgan fingerprint density at radius 1 is 0.972 bits per heavy atom. The van der Waals surface area contributed by atoms with Crippen LogP contribution in [0.25, 0.3) is 5.57 Å². The summed E-state index contributed by atoms with van der Waals surface area (Å²) >= 11 is 0. The fraction of sp³-hybridized carbons (Fsp3) is 0.323. The number of fused-ring (bicyclic) bond motifs is 1. The molecule has 2 aliphatic rings. The number of benzene rings is 3. The zero-order valence-electron chi connectivity index (χ0n) is 21.1. The first kappa shape index (κ1) is 24.1. The molecule has 0 radical (unpaired) electrons. The van der Waals surface area contributed by atoms with Crippen molar-refractivity contribution in [2.75, 3.05) is 22.9 Å². The molecule has 5 rings (SSSR count). The lowest BCUT2D eigenvalue weighted by atomic mass is 9.93. The van der Waals surface area contributed by atoms with E-state index >= 15 is 0 Å². The van der Waals surface area contributed by atoms with Gasteiger partial charge in [-0.2, -0.15) is 0 Å². The number of hydrogen-bond acceptors (Lipinski definition) is 4. The number of nitrogens with one attached hydrogen (secondary N) is 2. The van der Waals surface area contributed by atoms with E-state index in [1.807, 2.05) is 19.1 Å². The van der Waals surface area contributed by atoms with Crippen molar-refractivity contribution in [3.63, 3.8) is 0 Å². The molecule has 3 aromatic rings. The standard InChI is InChI=1S/C31H36N4O/c1-22(30-28-20-25(32)14-17-29(28)34-31(30)36)33-26-15-12-24(13-16-26)21-35(27-10-6-3-7-11-27)19-18-23-8-4-2-5-9-23/h2,4-5,8-9,12-17,20,27,33H,3,6-7,10-11,18-19,21,32H2,1H3,(H,34,36). The van der Waals surface area contributed by atoms with Crippen molar-refractivity contribution in [3.8, 4) is 0 Å². The lowest BCUT2D eigenvalue weighted by Gasteiger charge is -2.34. The van der Waals surface area contributed by atoms with Gasteiger partial charge in [-0.3, -0.25) is 9.69 Å². The van der Waals surface area contributed by atoms with Gasteiger partial charge in [-0.05, 0) is 67.6 Å². The van der Waals surface area contributed by atoms with Crippen LogP contribution in [0.15, 0.2) is 78.5 Å². The van der Waals surface area contributed by atoms with Gasteiger partial charge in [-0.1, -0.05) is 61.7 Å². The number of nitrogens with two attached hydrogens (primary N) is 1. The van der Waals surface area contributed by atoms with Crippen LogP contribution in [-0.2, 0) is 17.8 Å². The van der Waals surface area contributed by atoms with E-state index in [0.29, 0.717) is 17.3 Å². The maximum Gasteiger partial charge on any atom is 0.258 e. The van der Waals surface area contributed by atoms with E-state index in [2.05, 4.69) is 70.1 Å². The summed E-state index contributed by atoms with van der Waals surface area (Å²) in [6.07, 6.45) is 7.73. The summed E-state index contributed by atoms with van der Waals surface area (Å²) in [7, 11) is 0. The second kappa shape index (κ2) is 11.0. The van der Waals surface area contributed by atoms with Crippen LogP contribution >= 0.6 is 0 Å². The lowest BCUT2D eigenvalue weighted by molar-refractivity contribution is -0.110. The quantitative estimate of drug-likeness (QED) is 0.256. The van der Waals surface area contributed by atoms with Crippen molar-refractivity contribution in [1.29, 1.82) is 0 Å². The van der Waals surface area contributed by atoms with Gasteiger partial charge >= 0.3 is 0 Å². The van der Waals surface area contributed by atoms with Gasteiger partial charge in [0.2, 0.25) is 0 Å². The molecule has 186 valence electrons. The van der Waals surface area contributed by atoms with E-state index in [1.165, 1.54) is 43.2 Å². The van der Waals surface area contributed by atoms with Gasteiger partial charge in [0.15, 0.2) is 0 Å². The second-order valence-electron chi connectivity index (χ2n) is 10.1. The average molecular weight is 481 g/mol. The van der Waals surface area contributed by atoms with Crippen LogP contribution < -0.4 is 16.4 Å². The lowest BCUT2D eigenvalue weighted by Crippen LogP contribution is -2.37. The average Bonchev–Trinajstić information content (AvgIpc) is 3.23. The highest BCUT2D eigenvalue weighted by atomic mass is 16.2. The first-order valence-electron chi connectivity index (χ1n) is 13.1. The van der Waals surface area contributed by atoms with Gasteiger partial charge in [0.05, 0.1) is 5.57 Å². The summed E-state index contributed by atoms with van der Waals surface area (Å²) in [5.74, 6) is -0.0984. The highest BCUT2D eigenvalue weighted by molar-refractivity contribution is 6.32. The molecule has 5 nitrogen and oxygen atoms in total. The number of allylic oxidation sites excluding steroid dienone is 1. The first-order chi connectivity index (χ1) is 17.6. The third kappa shape index (κ3) is 5.63. The predicted molar refractivity (Wildman–Crippen MR) is 150 cm³/mol. The van der Waals surface area contributed by atoms with E-state index < -0.39 is 0 Å². The van der Waals surface area contributed by atoms with Crippen molar-refractivity contribution in [3.05, 3.63) is 95.2 Å². The SMILES string of the molecule is CC(Nc1ccc(CN(CCc2ccccc2)C2CCCCC2)cc1)=C1C(=O)Nc2ccc(N)cc21. The van der Waals surface area contributed by atoms with E-state index in [1.54, 1.807) is 6.07 Å². The zero-order valence-corrected chi connectivity index (χ0v) is 21.1. The van der Waals surface area contributed by atoms with Crippen LogP contribution in [0.5, 0.6) is 0 Å². The van der Waals surface area contributed by atoms with E-state index in [4.69, 9.17) is 5.73 Å². The largest absolute Gasteiger partial charge is 0.399 e. The van der Waals surface area contributed by atoms with Crippen molar-refractivity contribution in [2.45, 2.75) is 58.0 Å². The number of hydrogen-bond donors (Lipinski definition) is 3. The van der Waals surface area contributed by atoms with Gasteiger partial charge in [-0.25, -0.2) is 0 Å². The van der Waals surface area contributed by atoms with Gasteiger partial charge in [-0.15, -0.1) is 0 Å². The number of amides is 1. The molecule has 1 heterocycles. The van der Waals surface area contributed by atoms with E-state index in [0.717, 1.165) is 42.1 Å². The Morgan fingerprint density at radius 2 is 1.72 bits per heavy atom. The molecule has 1 fully saturated rings. The molecule has 4 N–H and O–H groups in total. The van der Waals surface area contributed by atoms with Crippen LogP contribution in [0, 0.1) is 0 Å². The Bertz CT molecular complexity index is 1230. The van der Waals surface area contributed by atoms with E-state index in [9.17, 15) is 4.79 Å². The zero-order chi connectivity index (χ0) is 24.9. The number of nitrogens with zero attached hydrogens (tertiary/aromatic N) is 1. The van der Waals surface area contributed by atoms with E-state index in [-0.39, 0.29) is 5.91 Å². The topological polar surface area (TPSA) is 70.4 Å². The Labute approximate surface area is 214 Å². The van der Waals surface area contributed by atoms with Crippen molar-refractivity contribution < 1.29 is 4.79 Å². The Kier molecular flexibility index (Phi) is 7.38. The molecule has 36 heavy (non-hydrogen) atoms. The molecular weight excluding hydrogens is 444 g/mol.